The summed E-state index contributed by atoms with van der Waals surface area (Å²) in [5.74, 6) is 0.129. The van der Waals surface area contributed by atoms with Gasteiger partial charge >= 0.3 is 0 Å². The van der Waals surface area contributed by atoms with Gasteiger partial charge in [-0.25, -0.2) is 0 Å². The highest BCUT2D eigenvalue weighted by Crippen LogP contribution is 2.32. The van der Waals surface area contributed by atoms with Gasteiger partial charge in [-0.1, -0.05) is 6.07 Å². The highest BCUT2D eigenvalue weighted by atomic mass is 16.3. The van der Waals surface area contributed by atoms with Gasteiger partial charge in [0.1, 0.15) is 5.75 Å². The number of ketones is 1. The van der Waals surface area contributed by atoms with Crippen molar-refractivity contribution in [2.45, 2.75) is 32.1 Å². The molecule has 3 heteroatoms. The van der Waals surface area contributed by atoms with Crippen LogP contribution in [0.4, 0.5) is 0 Å². The fourth-order valence-electron chi connectivity index (χ4n) is 2.30. The van der Waals surface area contributed by atoms with Gasteiger partial charge in [0, 0.05) is 6.42 Å². The average molecular weight is 219 g/mol. The predicted molar refractivity (Wildman–Crippen MR) is 62.8 cm³/mol. The largest absolute Gasteiger partial charge is 0.507 e. The van der Waals surface area contributed by atoms with Crippen molar-refractivity contribution in [3.8, 4) is 5.75 Å². The molecule has 3 N–H and O–H groups in total. The third-order valence-corrected chi connectivity index (χ3v) is 3.17. The summed E-state index contributed by atoms with van der Waals surface area (Å²) in [4.78, 5) is 11.7. The molecule has 0 aromatic heterocycles. The van der Waals surface area contributed by atoms with Crippen LogP contribution in [0.2, 0.25) is 0 Å². The van der Waals surface area contributed by atoms with E-state index in [1.807, 2.05) is 6.07 Å². The van der Waals surface area contributed by atoms with Crippen molar-refractivity contribution in [3.63, 3.8) is 0 Å². The highest BCUT2D eigenvalue weighted by molar-refractivity contribution is 5.99. The zero-order valence-corrected chi connectivity index (χ0v) is 9.33. The quantitative estimate of drug-likeness (QED) is 0.762. The van der Waals surface area contributed by atoms with Crippen LogP contribution in [0.1, 0.15) is 40.7 Å². The first-order chi connectivity index (χ1) is 7.74. The lowest BCUT2D eigenvalue weighted by Gasteiger charge is -2.18. The minimum atomic E-state index is -0.0617. The minimum absolute atomic E-state index is 0.0617. The summed E-state index contributed by atoms with van der Waals surface area (Å²) in [7, 11) is 0. The van der Waals surface area contributed by atoms with Crippen molar-refractivity contribution < 1.29 is 9.90 Å². The molecule has 0 saturated carbocycles. The topological polar surface area (TPSA) is 63.3 Å². The molecule has 1 aliphatic carbocycles. The monoisotopic (exact) mass is 219 g/mol. The number of carbonyl (C=O) groups is 1. The number of hydrogen-bond donors (Lipinski definition) is 2. The predicted octanol–water partition coefficient (Wildman–Crippen LogP) is 1.80. The fourth-order valence-corrected chi connectivity index (χ4v) is 2.30. The maximum Gasteiger partial charge on any atom is 0.167 e. The van der Waals surface area contributed by atoms with Gasteiger partial charge in [0.2, 0.25) is 0 Å². The fraction of sp³-hybridized carbons (Fsp3) is 0.462. The molecule has 0 radical (unpaired) electrons. The molecule has 0 heterocycles. The Morgan fingerprint density at radius 1 is 1.31 bits per heavy atom. The van der Waals surface area contributed by atoms with Crippen molar-refractivity contribution in [1.29, 1.82) is 0 Å². The summed E-state index contributed by atoms with van der Waals surface area (Å²) in [6.45, 7) is 0.329. The molecule has 0 amide bonds. The Hall–Kier alpha value is -1.35. The molecule has 1 aliphatic rings. The van der Waals surface area contributed by atoms with E-state index in [2.05, 4.69) is 0 Å². The lowest BCUT2D eigenvalue weighted by Crippen LogP contribution is -2.11. The van der Waals surface area contributed by atoms with E-state index in [1.54, 1.807) is 6.07 Å². The highest BCUT2D eigenvalue weighted by Gasteiger charge is 2.18. The second-order valence-corrected chi connectivity index (χ2v) is 4.27. The van der Waals surface area contributed by atoms with Crippen LogP contribution in [-0.2, 0) is 12.8 Å². The van der Waals surface area contributed by atoms with Crippen LogP contribution in [0.25, 0.3) is 0 Å². The number of benzene rings is 1. The van der Waals surface area contributed by atoms with E-state index in [0.29, 0.717) is 18.5 Å². The molecule has 2 rings (SSSR count). The number of Topliss-reactive ketones (excluding diaryl/α,β-unsaturated/α-hetero) is 1. The molecule has 0 aliphatic heterocycles. The molecule has 0 spiro atoms. The normalized spacial score (nSPS) is 14.6. The SMILES string of the molecule is NCCC(=O)c1ccc2c(c1O)CCCC2. The lowest BCUT2D eigenvalue weighted by atomic mass is 9.88. The Kier molecular flexibility index (Phi) is 3.25. The van der Waals surface area contributed by atoms with E-state index in [1.165, 1.54) is 12.0 Å². The number of phenols is 1. The van der Waals surface area contributed by atoms with Crippen LogP contribution < -0.4 is 5.73 Å². The summed E-state index contributed by atoms with van der Waals surface area (Å²) in [5, 5.41) is 10.1. The zero-order valence-electron chi connectivity index (χ0n) is 9.33. The molecule has 0 atom stereocenters. The van der Waals surface area contributed by atoms with Gasteiger partial charge in [-0.15, -0.1) is 0 Å². The van der Waals surface area contributed by atoms with Gasteiger partial charge in [-0.05, 0) is 49.4 Å². The molecular formula is C13H17NO2. The van der Waals surface area contributed by atoms with Gasteiger partial charge in [0.15, 0.2) is 5.78 Å². The lowest BCUT2D eigenvalue weighted by molar-refractivity contribution is 0.0982. The van der Waals surface area contributed by atoms with Crippen molar-refractivity contribution in [2.24, 2.45) is 5.73 Å². The summed E-state index contributed by atoms with van der Waals surface area (Å²) in [6.07, 6.45) is 4.45. The number of carbonyl (C=O) groups excluding carboxylic acids is 1. The number of aryl methyl sites for hydroxylation is 1. The Morgan fingerprint density at radius 2 is 2.06 bits per heavy atom. The van der Waals surface area contributed by atoms with E-state index in [4.69, 9.17) is 5.73 Å². The van der Waals surface area contributed by atoms with Crippen molar-refractivity contribution >= 4 is 5.78 Å². The third kappa shape index (κ3) is 1.95. The molecule has 0 bridgehead atoms. The number of aromatic hydroxyl groups is 1. The van der Waals surface area contributed by atoms with Crippen LogP contribution in [-0.4, -0.2) is 17.4 Å². The molecule has 0 fully saturated rings. The summed E-state index contributed by atoms with van der Waals surface area (Å²) in [6, 6.07) is 3.70. The van der Waals surface area contributed by atoms with Gasteiger partial charge < -0.3 is 10.8 Å². The van der Waals surface area contributed by atoms with Crippen LogP contribution in [0.15, 0.2) is 12.1 Å². The van der Waals surface area contributed by atoms with E-state index in [9.17, 15) is 9.90 Å². The minimum Gasteiger partial charge on any atom is -0.507 e. The maximum absolute atomic E-state index is 11.7. The van der Waals surface area contributed by atoms with Gasteiger partial charge in [-0.2, -0.15) is 0 Å². The van der Waals surface area contributed by atoms with Crippen molar-refractivity contribution in [3.05, 3.63) is 28.8 Å². The first kappa shape index (κ1) is 11.1. The van der Waals surface area contributed by atoms with Gasteiger partial charge in [-0.3, -0.25) is 4.79 Å². The van der Waals surface area contributed by atoms with Gasteiger partial charge in [0.25, 0.3) is 0 Å². The van der Waals surface area contributed by atoms with Crippen LogP contribution in [0.5, 0.6) is 5.75 Å². The molecule has 1 aromatic carbocycles. The number of nitrogens with two attached hydrogens (primary N) is 1. The number of fused-ring (bicyclic) bond motifs is 1. The number of phenolic OH excluding ortho intramolecular Hbond substituents is 1. The zero-order chi connectivity index (χ0) is 11.5. The summed E-state index contributed by atoms with van der Waals surface area (Å²) in [5.41, 5.74) is 7.94. The van der Waals surface area contributed by atoms with Crippen LogP contribution in [0, 0.1) is 0 Å². The van der Waals surface area contributed by atoms with Crippen molar-refractivity contribution in [1.82, 2.24) is 0 Å². The summed E-state index contributed by atoms with van der Waals surface area (Å²) >= 11 is 0. The second kappa shape index (κ2) is 4.66. The summed E-state index contributed by atoms with van der Waals surface area (Å²) < 4.78 is 0. The molecule has 0 unspecified atom stereocenters. The number of hydrogen-bond acceptors (Lipinski definition) is 3. The van der Waals surface area contributed by atoms with E-state index >= 15 is 0 Å². The molecule has 1 aromatic rings. The van der Waals surface area contributed by atoms with Crippen molar-refractivity contribution in [2.75, 3.05) is 6.54 Å². The van der Waals surface area contributed by atoms with E-state index < -0.39 is 0 Å². The standard InChI is InChI=1S/C13H17NO2/c14-8-7-12(15)11-6-5-9-3-1-2-4-10(9)13(11)16/h5-6,16H,1-4,7-8,14H2. The molecule has 3 nitrogen and oxygen atoms in total. The molecular weight excluding hydrogens is 202 g/mol. The molecule has 86 valence electrons. The smallest absolute Gasteiger partial charge is 0.167 e. The Labute approximate surface area is 95.3 Å². The third-order valence-electron chi connectivity index (χ3n) is 3.17. The molecule has 16 heavy (non-hydrogen) atoms. The molecule has 0 saturated heterocycles. The van der Waals surface area contributed by atoms with Gasteiger partial charge in [0.05, 0.1) is 5.56 Å². The van der Waals surface area contributed by atoms with Crippen LogP contribution >= 0.6 is 0 Å². The first-order valence-corrected chi connectivity index (χ1v) is 5.81. The second-order valence-electron chi connectivity index (χ2n) is 4.27. The first-order valence-electron chi connectivity index (χ1n) is 5.81. The Bertz CT molecular complexity index is 413. The Balaban J connectivity index is 2.37. The number of rotatable bonds is 3. The Morgan fingerprint density at radius 3 is 2.81 bits per heavy atom. The van der Waals surface area contributed by atoms with E-state index in [0.717, 1.165) is 24.8 Å². The van der Waals surface area contributed by atoms with Crippen LogP contribution in [0.3, 0.4) is 0 Å². The maximum atomic E-state index is 11.7. The average Bonchev–Trinajstić information content (AvgIpc) is 2.30. The van der Waals surface area contributed by atoms with E-state index in [-0.39, 0.29) is 11.5 Å².